The summed E-state index contributed by atoms with van der Waals surface area (Å²) >= 11 is 0. The summed E-state index contributed by atoms with van der Waals surface area (Å²) in [6, 6.07) is 0. The number of carbonyl (C=O) groups is 4. The van der Waals surface area contributed by atoms with Gasteiger partial charge in [-0.25, -0.2) is 0 Å². The van der Waals surface area contributed by atoms with E-state index in [-0.39, 0.29) is 76.4 Å². The Hall–Kier alpha value is -1.23. The molecule has 0 amide bonds. The number of rotatable bonds is 4. The maximum atomic E-state index is 12.8. The van der Waals surface area contributed by atoms with Crippen LogP contribution >= 0.6 is 0 Å². The summed E-state index contributed by atoms with van der Waals surface area (Å²) in [5.74, 6) is 6.82. The topological polar surface area (TPSA) is 77.5 Å². The first kappa shape index (κ1) is 40.0. The van der Waals surface area contributed by atoms with E-state index in [9.17, 15) is 19.2 Å². The van der Waals surface area contributed by atoms with Crippen LogP contribution in [0.15, 0.2) is 47.6 Å². The molecule has 0 heterocycles. The van der Waals surface area contributed by atoms with Gasteiger partial charge in [-0.1, -0.05) is 52.0 Å². The summed E-state index contributed by atoms with van der Waals surface area (Å²) in [6.07, 6.45) is 24.2. The third-order valence-corrected chi connectivity index (χ3v) is 18.5. The van der Waals surface area contributed by atoms with E-state index in [1.807, 2.05) is 19.1 Å². The third kappa shape index (κ3) is 5.17. The zero-order chi connectivity index (χ0) is 36.0. The molecule has 0 N–H and O–H groups in total. The molecular weight excluding hydrogens is 734 g/mol. The zero-order valence-electron chi connectivity index (χ0n) is 33.0. The zero-order valence-corrected chi connectivity index (χ0v) is 35.8. The molecule has 0 bridgehead atoms. The molecule has 4 unspecified atom stereocenters. The number of allylic oxidation sites excluding steroid dienone is 8. The predicted molar refractivity (Wildman–Crippen MR) is 197 cm³/mol. The van der Waals surface area contributed by atoms with Gasteiger partial charge in [0.1, 0.15) is 11.4 Å². The molecule has 0 aromatic carbocycles. The molecule has 0 aliphatic heterocycles. The molecule has 2 radical (unpaired) electrons. The number of carbonyl (C=O) groups excluding carboxylic acids is 4. The van der Waals surface area contributed by atoms with Crippen molar-refractivity contribution < 1.29 is 61.0 Å². The second-order valence-electron chi connectivity index (χ2n) is 19.9. The largest absolute Gasteiger partial charge is 0.367 e. The predicted octanol–water partition coefficient (Wildman–Crippen LogP) is 8.86. The van der Waals surface area contributed by atoms with Gasteiger partial charge < -0.3 is 4.74 Å². The summed E-state index contributed by atoms with van der Waals surface area (Å²) in [7, 11) is 0. The molecule has 5 nitrogen and oxygen atoms in total. The van der Waals surface area contributed by atoms with Crippen molar-refractivity contribution in [2.24, 2.45) is 86.8 Å². The Morgan fingerprint density at radius 2 is 1.19 bits per heavy atom. The second kappa shape index (κ2) is 13.2. The van der Waals surface area contributed by atoms with Gasteiger partial charge in [0.05, 0.1) is 0 Å². The molecule has 7 heteroatoms. The SMILES string of the molecule is CC(=O)[C@H]1CC[C@H]2[C@@H]3C=CC4=CC(=O)C5CC5[C@@]4(C)[C@@H]3CC[C@]12C.CCO[C@]1(C(C)=O)CC[C@H]2[C@@H]3C=CC4=CC(=O)C5CC5[C@@]4(C)[C@@H]3CC[C@@]21C.[V].[V]. The Kier molecular flexibility index (Phi) is 9.92. The molecule has 16 atom stereocenters. The Morgan fingerprint density at radius 3 is 1.70 bits per heavy atom. The molecule has 53 heavy (non-hydrogen) atoms. The first-order valence-electron chi connectivity index (χ1n) is 20.7. The first-order valence-corrected chi connectivity index (χ1v) is 20.7. The standard InChI is InChI=1S/C24H32O3.C22H28O2.2V/c1-5-27-24(14(2)25)11-9-18-16-7-6-15-12-21(26)17-13-20(17)23(15,4)19(16)8-10-22(18,24)3;1-12(23)16-6-7-17-14-5-4-13-10-20(24)15-11-19(15)22(13,3)18(14)8-9-21(16,17)2;;/h6-7,12,16-20H,5,8-11,13H2,1-4H3;4-5,10,14-19H,6-9,11H2,1-3H3;;/t16-,17?,18-,19+,20?,22-,23+,24-;14-,15?,16+,17-,18+,19?,21+,22+;;/m00../s1. The van der Waals surface area contributed by atoms with E-state index < -0.39 is 5.60 Å². The van der Waals surface area contributed by atoms with E-state index in [0.29, 0.717) is 77.2 Å². The smallest absolute Gasteiger partial charge is 0.162 e. The molecule has 0 aromatic heterocycles. The van der Waals surface area contributed by atoms with Crippen molar-refractivity contribution in [2.75, 3.05) is 6.61 Å². The van der Waals surface area contributed by atoms with E-state index >= 15 is 0 Å². The molecule has 284 valence electrons. The van der Waals surface area contributed by atoms with E-state index in [4.69, 9.17) is 4.74 Å². The Morgan fingerprint density at radius 1 is 0.679 bits per heavy atom. The molecule has 6 fully saturated rings. The summed E-state index contributed by atoms with van der Waals surface area (Å²) in [5, 5.41) is 0. The van der Waals surface area contributed by atoms with Gasteiger partial charge in [-0.3, -0.25) is 19.2 Å². The normalized spacial score (nSPS) is 51.3. The van der Waals surface area contributed by atoms with Gasteiger partial charge in [-0.05, 0) is 172 Å². The summed E-state index contributed by atoms with van der Waals surface area (Å²) < 4.78 is 6.25. The molecule has 0 spiro atoms. The van der Waals surface area contributed by atoms with E-state index in [1.54, 1.807) is 13.8 Å². The van der Waals surface area contributed by atoms with Crippen molar-refractivity contribution in [2.45, 2.75) is 118 Å². The van der Waals surface area contributed by atoms with Crippen LogP contribution in [0.3, 0.4) is 0 Å². The fourth-order valence-electron chi connectivity index (χ4n) is 15.6. The average molecular weight is 795 g/mol. The molecular formula is C46H60O5V2. The number of fused-ring (bicyclic) bond motifs is 14. The first-order chi connectivity index (χ1) is 24.2. The van der Waals surface area contributed by atoms with Crippen LogP contribution in [-0.4, -0.2) is 35.3 Å². The minimum Gasteiger partial charge on any atom is -0.367 e. The van der Waals surface area contributed by atoms with Gasteiger partial charge in [0.2, 0.25) is 0 Å². The molecule has 0 saturated heterocycles. The number of hydrogen-bond acceptors (Lipinski definition) is 5. The van der Waals surface area contributed by atoms with Gasteiger partial charge in [-0.15, -0.1) is 0 Å². The monoisotopic (exact) mass is 794 g/mol. The average Bonchev–Trinajstić information content (AvgIpc) is 4.00. The quantitative estimate of drug-likeness (QED) is 0.284. The van der Waals surface area contributed by atoms with Gasteiger partial charge in [0.15, 0.2) is 17.3 Å². The summed E-state index contributed by atoms with van der Waals surface area (Å²) in [5.41, 5.74) is 2.44. The van der Waals surface area contributed by atoms with E-state index in [1.165, 1.54) is 30.4 Å². The third-order valence-electron chi connectivity index (χ3n) is 18.5. The van der Waals surface area contributed by atoms with Crippen LogP contribution in [-0.2, 0) is 61.0 Å². The number of hydrogen-bond donors (Lipinski definition) is 0. The molecule has 6 saturated carbocycles. The van der Waals surface area contributed by atoms with Crippen LogP contribution in [0.4, 0.5) is 0 Å². The molecule has 0 aromatic rings. The fraction of sp³-hybridized carbons (Fsp3) is 0.739. The Labute approximate surface area is 341 Å². The van der Waals surface area contributed by atoms with Crippen molar-refractivity contribution in [1.29, 1.82) is 0 Å². The Bertz CT molecular complexity index is 1740. The van der Waals surface area contributed by atoms with Crippen LogP contribution in [0.25, 0.3) is 0 Å². The van der Waals surface area contributed by atoms with E-state index in [0.717, 1.165) is 44.9 Å². The van der Waals surface area contributed by atoms with E-state index in [2.05, 4.69) is 52.0 Å². The number of Topliss-reactive ketones (excluding diaryl/α,β-unsaturated/α-hetero) is 2. The fourth-order valence-corrected chi connectivity index (χ4v) is 15.6. The summed E-state index contributed by atoms with van der Waals surface area (Å²) in [6.45, 7) is 15.7. The van der Waals surface area contributed by atoms with Crippen LogP contribution < -0.4 is 0 Å². The summed E-state index contributed by atoms with van der Waals surface area (Å²) in [4.78, 5) is 49.5. The minimum absolute atomic E-state index is 0. The van der Waals surface area contributed by atoms with Crippen LogP contribution in [0.1, 0.15) is 113 Å². The van der Waals surface area contributed by atoms with Crippen molar-refractivity contribution in [3.05, 3.63) is 47.6 Å². The van der Waals surface area contributed by atoms with Gasteiger partial charge in [0, 0.05) is 66.9 Å². The second-order valence-corrected chi connectivity index (χ2v) is 19.9. The molecule has 10 aliphatic carbocycles. The molecule has 10 aliphatic rings. The van der Waals surface area contributed by atoms with Gasteiger partial charge in [0.25, 0.3) is 0 Å². The van der Waals surface area contributed by atoms with Crippen molar-refractivity contribution >= 4 is 23.1 Å². The Balaban J connectivity index is 0.000000159. The maximum absolute atomic E-state index is 12.8. The minimum atomic E-state index is -0.604. The molecule has 10 rings (SSSR count). The van der Waals surface area contributed by atoms with Gasteiger partial charge >= 0.3 is 0 Å². The van der Waals surface area contributed by atoms with Crippen molar-refractivity contribution in [3.63, 3.8) is 0 Å². The maximum Gasteiger partial charge on any atom is 0.162 e. The van der Waals surface area contributed by atoms with Crippen molar-refractivity contribution in [1.82, 2.24) is 0 Å². The van der Waals surface area contributed by atoms with Crippen LogP contribution in [0, 0.1) is 86.8 Å². The number of ketones is 4. The van der Waals surface area contributed by atoms with Gasteiger partial charge in [-0.2, -0.15) is 0 Å². The van der Waals surface area contributed by atoms with Crippen LogP contribution in [0.5, 0.6) is 0 Å². The number of ether oxygens (including phenoxy) is 1. The van der Waals surface area contributed by atoms with Crippen molar-refractivity contribution in [3.8, 4) is 0 Å². The van der Waals surface area contributed by atoms with Crippen LogP contribution in [0.2, 0.25) is 0 Å².